The molecule has 0 spiro atoms. The van der Waals surface area contributed by atoms with Gasteiger partial charge in [0.1, 0.15) is 28.1 Å². The maximum absolute atomic E-state index is 13.1. The number of phenols is 4. The minimum atomic E-state index is -0.550. The molecule has 0 radical (unpaired) electrons. The van der Waals surface area contributed by atoms with Crippen LogP contribution in [0, 0.1) is 0 Å². The normalized spacial score (nSPS) is 11.0. The minimum Gasteiger partial charge on any atom is -0.507 e. The van der Waals surface area contributed by atoms with E-state index >= 15 is 0 Å². The first-order valence-corrected chi connectivity index (χ1v) is 9.26. The average Bonchev–Trinajstić information content (AvgIpc) is 2.62. The molecule has 29 heavy (non-hydrogen) atoms. The Hall–Kier alpha value is -3.41. The Morgan fingerprint density at radius 1 is 0.862 bits per heavy atom. The van der Waals surface area contributed by atoms with Crippen molar-refractivity contribution in [2.75, 3.05) is 0 Å². The molecule has 3 rings (SSSR count). The van der Waals surface area contributed by atoms with Gasteiger partial charge in [0, 0.05) is 17.2 Å². The van der Waals surface area contributed by atoms with Gasteiger partial charge in [-0.05, 0) is 46.6 Å². The molecule has 6 heteroatoms. The molecule has 0 bridgehead atoms. The Labute approximate surface area is 167 Å². The SMILES string of the molecule is CC(C)=CCc1c(O)cc2oc3c(CC=C(C)C)c(O)c(O)cc3c(=O)c2c1O. The lowest BCUT2D eigenvalue weighted by molar-refractivity contribution is 0.400. The number of phenolic OH excluding ortho intramolecular Hbond substituents is 4. The smallest absolute Gasteiger partial charge is 0.204 e. The number of allylic oxidation sites excluding steroid dienone is 4. The van der Waals surface area contributed by atoms with Crippen LogP contribution in [0.5, 0.6) is 23.0 Å². The van der Waals surface area contributed by atoms with Gasteiger partial charge in [-0.3, -0.25) is 4.79 Å². The molecule has 0 saturated carbocycles. The van der Waals surface area contributed by atoms with Gasteiger partial charge in [0.2, 0.25) is 5.43 Å². The zero-order valence-electron chi connectivity index (χ0n) is 16.8. The molecule has 0 aliphatic carbocycles. The molecule has 152 valence electrons. The van der Waals surface area contributed by atoms with Crippen LogP contribution in [0.4, 0.5) is 0 Å². The quantitative estimate of drug-likeness (QED) is 0.287. The monoisotopic (exact) mass is 396 g/mol. The molecule has 6 nitrogen and oxygen atoms in total. The number of rotatable bonds is 4. The molecule has 0 fully saturated rings. The fourth-order valence-corrected chi connectivity index (χ4v) is 3.20. The highest BCUT2D eigenvalue weighted by atomic mass is 16.3. The van der Waals surface area contributed by atoms with Gasteiger partial charge in [-0.15, -0.1) is 0 Å². The van der Waals surface area contributed by atoms with Crippen LogP contribution in [0.15, 0.2) is 44.6 Å². The summed E-state index contributed by atoms with van der Waals surface area (Å²) in [6.07, 6.45) is 4.14. The van der Waals surface area contributed by atoms with Crippen molar-refractivity contribution in [2.24, 2.45) is 0 Å². The fraction of sp³-hybridized carbons (Fsp3) is 0.261. The van der Waals surface area contributed by atoms with Crippen LogP contribution in [0.3, 0.4) is 0 Å². The molecule has 0 atom stereocenters. The Balaban J connectivity index is 2.41. The minimum absolute atomic E-state index is 0.00184. The lowest BCUT2D eigenvalue weighted by atomic mass is 10.00. The molecule has 0 amide bonds. The first-order chi connectivity index (χ1) is 13.6. The van der Waals surface area contributed by atoms with E-state index in [1.54, 1.807) is 0 Å². The number of hydrogen-bond donors (Lipinski definition) is 4. The summed E-state index contributed by atoms with van der Waals surface area (Å²) in [5, 5.41) is 41.4. The predicted octanol–water partition coefficient (Wildman–Crippen LogP) is 4.79. The second-order valence-corrected chi connectivity index (χ2v) is 7.60. The van der Waals surface area contributed by atoms with E-state index in [0.29, 0.717) is 0 Å². The standard InChI is InChI=1S/C23H24O6/c1-11(2)5-7-13-16(24)10-18-19(21(13)27)22(28)15-9-17(25)20(26)14(23(15)29-18)8-6-12(3)4/h5-6,9-10,24-27H,7-8H2,1-4H3. The molecular formula is C23H24O6. The van der Waals surface area contributed by atoms with Gasteiger partial charge < -0.3 is 24.8 Å². The Kier molecular flexibility index (Phi) is 5.29. The lowest BCUT2D eigenvalue weighted by Crippen LogP contribution is -2.05. The highest BCUT2D eigenvalue weighted by molar-refractivity contribution is 5.97. The van der Waals surface area contributed by atoms with Gasteiger partial charge in [0.15, 0.2) is 11.5 Å². The van der Waals surface area contributed by atoms with Gasteiger partial charge in [-0.25, -0.2) is 0 Å². The number of aromatic hydroxyl groups is 4. The molecule has 0 aliphatic heterocycles. The van der Waals surface area contributed by atoms with Crippen molar-refractivity contribution in [1.29, 1.82) is 0 Å². The van der Waals surface area contributed by atoms with Crippen molar-refractivity contribution < 1.29 is 24.8 Å². The Bertz CT molecular complexity index is 1240. The molecule has 0 saturated heterocycles. The summed E-state index contributed by atoms with van der Waals surface area (Å²) in [4.78, 5) is 13.1. The third kappa shape index (κ3) is 3.66. The van der Waals surface area contributed by atoms with Gasteiger partial charge in [-0.1, -0.05) is 23.3 Å². The number of hydrogen-bond acceptors (Lipinski definition) is 6. The molecule has 0 aliphatic rings. The summed E-state index contributed by atoms with van der Waals surface area (Å²) in [7, 11) is 0. The van der Waals surface area contributed by atoms with Crippen LogP contribution in [0.2, 0.25) is 0 Å². The summed E-state index contributed by atoms with van der Waals surface area (Å²) in [5.41, 5.74) is 2.02. The number of fused-ring (bicyclic) bond motifs is 2. The van der Waals surface area contributed by atoms with Crippen molar-refractivity contribution in [3.8, 4) is 23.0 Å². The maximum atomic E-state index is 13.1. The largest absolute Gasteiger partial charge is 0.507 e. The van der Waals surface area contributed by atoms with Crippen LogP contribution < -0.4 is 5.43 Å². The number of benzene rings is 2. The van der Waals surface area contributed by atoms with Gasteiger partial charge in [-0.2, -0.15) is 0 Å². The summed E-state index contributed by atoms with van der Waals surface area (Å²) in [6, 6.07) is 2.42. The van der Waals surface area contributed by atoms with Crippen LogP contribution in [0.25, 0.3) is 21.9 Å². The Morgan fingerprint density at radius 2 is 1.45 bits per heavy atom. The molecule has 1 heterocycles. The van der Waals surface area contributed by atoms with Crippen molar-refractivity contribution in [3.05, 3.63) is 56.8 Å². The third-order valence-corrected chi connectivity index (χ3v) is 4.79. The van der Waals surface area contributed by atoms with E-state index < -0.39 is 11.2 Å². The van der Waals surface area contributed by atoms with Crippen LogP contribution >= 0.6 is 0 Å². The van der Waals surface area contributed by atoms with E-state index in [9.17, 15) is 25.2 Å². The van der Waals surface area contributed by atoms with Crippen LogP contribution in [0.1, 0.15) is 38.8 Å². The van der Waals surface area contributed by atoms with E-state index in [-0.39, 0.29) is 63.2 Å². The van der Waals surface area contributed by atoms with Crippen LogP contribution in [-0.2, 0) is 12.8 Å². The van der Waals surface area contributed by atoms with E-state index in [2.05, 4.69) is 0 Å². The van der Waals surface area contributed by atoms with E-state index in [1.165, 1.54) is 6.07 Å². The van der Waals surface area contributed by atoms with Crippen molar-refractivity contribution >= 4 is 21.9 Å². The maximum Gasteiger partial charge on any atom is 0.204 e. The molecule has 2 aromatic carbocycles. The second kappa shape index (κ2) is 7.54. The summed E-state index contributed by atoms with van der Waals surface area (Å²) in [5.74, 6) is -1.36. The molecule has 4 N–H and O–H groups in total. The summed E-state index contributed by atoms with van der Waals surface area (Å²) in [6.45, 7) is 7.55. The third-order valence-electron chi connectivity index (χ3n) is 4.79. The van der Waals surface area contributed by atoms with Crippen LogP contribution in [-0.4, -0.2) is 20.4 Å². The van der Waals surface area contributed by atoms with E-state index in [0.717, 1.165) is 17.2 Å². The lowest BCUT2D eigenvalue weighted by Gasteiger charge is -2.12. The highest BCUT2D eigenvalue weighted by Gasteiger charge is 2.22. The molecule has 3 aromatic rings. The first kappa shape index (κ1) is 20.3. The van der Waals surface area contributed by atoms with Crippen molar-refractivity contribution in [1.82, 2.24) is 0 Å². The zero-order chi connectivity index (χ0) is 21.5. The van der Waals surface area contributed by atoms with Gasteiger partial charge in [0.25, 0.3) is 0 Å². The topological polar surface area (TPSA) is 111 Å². The molecular weight excluding hydrogens is 372 g/mol. The van der Waals surface area contributed by atoms with E-state index in [4.69, 9.17) is 4.42 Å². The van der Waals surface area contributed by atoms with Gasteiger partial charge >= 0.3 is 0 Å². The first-order valence-electron chi connectivity index (χ1n) is 9.26. The highest BCUT2D eigenvalue weighted by Crippen LogP contribution is 2.40. The zero-order valence-corrected chi connectivity index (χ0v) is 16.8. The van der Waals surface area contributed by atoms with Gasteiger partial charge in [0.05, 0.1) is 5.39 Å². The molecule has 1 aromatic heterocycles. The second-order valence-electron chi connectivity index (χ2n) is 7.60. The predicted molar refractivity (Wildman–Crippen MR) is 113 cm³/mol. The Morgan fingerprint density at radius 3 is 2.03 bits per heavy atom. The molecule has 0 unspecified atom stereocenters. The summed E-state index contributed by atoms with van der Waals surface area (Å²) >= 11 is 0. The fourth-order valence-electron chi connectivity index (χ4n) is 3.20. The van der Waals surface area contributed by atoms with Crippen molar-refractivity contribution in [3.63, 3.8) is 0 Å². The van der Waals surface area contributed by atoms with E-state index in [1.807, 2.05) is 39.8 Å². The summed E-state index contributed by atoms with van der Waals surface area (Å²) < 4.78 is 5.83. The average molecular weight is 396 g/mol. The van der Waals surface area contributed by atoms with Crippen molar-refractivity contribution in [2.45, 2.75) is 40.5 Å².